The molecule has 0 aliphatic carbocycles. The summed E-state index contributed by atoms with van der Waals surface area (Å²) in [6.07, 6.45) is 14.3. The van der Waals surface area contributed by atoms with Gasteiger partial charge in [-0.3, -0.25) is 0 Å². The Balaban J connectivity index is 1.95. The van der Waals surface area contributed by atoms with Gasteiger partial charge in [0.2, 0.25) is 0 Å². The minimum atomic E-state index is 0.306. The van der Waals surface area contributed by atoms with E-state index in [9.17, 15) is 0 Å². The topological polar surface area (TPSA) is 9.23 Å². The molecule has 1 heteroatoms. The van der Waals surface area contributed by atoms with E-state index in [2.05, 4.69) is 52.0 Å². The number of ether oxygens (including phenoxy) is 1. The lowest BCUT2D eigenvalue weighted by Crippen LogP contribution is -2.26. The predicted octanol–water partition coefficient (Wildman–Crippen LogP) is 6.14. The molecule has 1 aromatic rings. The normalized spacial score (nSPS) is 22.4. The first kappa shape index (κ1) is 17.3. The van der Waals surface area contributed by atoms with E-state index in [0.29, 0.717) is 12.2 Å². The van der Waals surface area contributed by atoms with Crippen molar-refractivity contribution in [3.63, 3.8) is 0 Å². The van der Waals surface area contributed by atoms with Crippen molar-refractivity contribution in [2.24, 2.45) is 0 Å². The Bertz CT molecular complexity index is 478. The van der Waals surface area contributed by atoms with Gasteiger partial charge in [-0.25, -0.2) is 0 Å². The summed E-state index contributed by atoms with van der Waals surface area (Å²) in [4.78, 5) is 0. The van der Waals surface area contributed by atoms with Crippen molar-refractivity contribution in [3.8, 4) is 0 Å². The third-order valence-electron chi connectivity index (χ3n) is 4.73. The molecule has 2 rings (SSSR count). The molecule has 1 aliphatic heterocycles. The van der Waals surface area contributed by atoms with Crippen molar-refractivity contribution < 1.29 is 4.74 Å². The SMILES string of the molecule is CCCCC[C@@H]1CCC[C@H](/C=C\c2c(C)cc(C)cc2C)O1. The van der Waals surface area contributed by atoms with Gasteiger partial charge in [-0.05, 0) is 63.1 Å². The lowest BCUT2D eigenvalue weighted by molar-refractivity contribution is -0.0295. The minimum Gasteiger partial charge on any atom is -0.371 e. The van der Waals surface area contributed by atoms with Gasteiger partial charge in [0, 0.05) is 0 Å². The van der Waals surface area contributed by atoms with Crippen LogP contribution in [0.15, 0.2) is 18.2 Å². The van der Waals surface area contributed by atoms with Crippen molar-refractivity contribution in [2.45, 2.75) is 84.8 Å². The molecule has 1 aromatic carbocycles. The summed E-state index contributed by atoms with van der Waals surface area (Å²) in [6, 6.07) is 4.53. The first-order valence-electron chi connectivity index (χ1n) is 9.01. The Kier molecular flexibility index (Phi) is 6.70. The molecule has 0 unspecified atom stereocenters. The fourth-order valence-electron chi connectivity index (χ4n) is 3.56. The molecule has 1 aliphatic rings. The summed E-state index contributed by atoms with van der Waals surface area (Å²) in [6.45, 7) is 8.84. The highest BCUT2D eigenvalue weighted by atomic mass is 16.5. The lowest BCUT2D eigenvalue weighted by atomic mass is 9.97. The smallest absolute Gasteiger partial charge is 0.0762 e. The first-order valence-corrected chi connectivity index (χ1v) is 9.01. The van der Waals surface area contributed by atoms with Gasteiger partial charge in [0.05, 0.1) is 12.2 Å². The van der Waals surface area contributed by atoms with Crippen LogP contribution in [0.25, 0.3) is 6.08 Å². The molecular formula is C21H32O. The van der Waals surface area contributed by atoms with Crippen LogP contribution < -0.4 is 0 Å². The molecule has 1 fully saturated rings. The predicted molar refractivity (Wildman–Crippen MR) is 96.3 cm³/mol. The van der Waals surface area contributed by atoms with Crippen molar-refractivity contribution in [1.82, 2.24) is 0 Å². The number of hydrogen-bond acceptors (Lipinski definition) is 1. The maximum Gasteiger partial charge on any atom is 0.0762 e. The quantitative estimate of drug-likeness (QED) is 0.573. The monoisotopic (exact) mass is 300 g/mol. The number of rotatable bonds is 6. The van der Waals surface area contributed by atoms with Crippen LogP contribution >= 0.6 is 0 Å². The molecule has 0 aromatic heterocycles. The van der Waals surface area contributed by atoms with E-state index in [1.54, 1.807) is 0 Å². The highest BCUT2D eigenvalue weighted by Crippen LogP contribution is 2.25. The van der Waals surface area contributed by atoms with Crippen LogP contribution in [-0.4, -0.2) is 12.2 Å². The Morgan fingerprint density at radius 2 is 1.82 bits per heavy atom. The zero-order valence-electron chi connectivity index (χ0n) is 14.8. The summed E-state index contributed by atoms with van der Waals surface area (Å²) in [7, 11) is 0. The largest absolute Gasteiger partial charge is 0.371 e. The van der Waals surface area contributed by atoms with Crippen LogP contribution in [0, 0.1) is 20.8 Å². The zero-order valence-corrected chi connectivity index (χ0v) is 14.8. The van der Waals surface area contributed by atoms with Crippen LogP contribution in [0.2, 0.25) is 0 Å². The van der Waals surface area contributed by atoms with Gasteiger partial charge in [-0.1, -0.05) is 56.0 Å². The van der Waals surface area contributed by atoms with Gasteiger partial charge < -0.3 is 4.74 Å². The fraction of sp³-hybridized carbons (Fsp3) is 0.619. The average molecular weight is 300 g/mol. The number of aryl methyl sites for hydroxylation is 3. The van der Waals surface area contributed by atoms with Crippen molar-refractivity contribution in [1.29, 1.82) is 0 Å². The Morgan fingerprint density at radius 1 is 1.09 bits per heavy atom. The number of benzene rings is 1. The van der Waals surface area contributed by atoms with Crippen LogP contribution in [-0.2, 0) is 4.74 Å². The van der Waals surface area contributed by atoms with Gasteiger partial charge >= 0.3 is 0 Å². The Hall–Kier alpha value is -1.08. The number of hydrogen-bond donors (Lipinski definition) is 0. The molecule has 122 valence electrons. The average Bonchev–Trinajstić information content (AvgIpc) is 2.47. The highest BCUT2D eigenvalue weighted by molar-refractivity contribution is 5.58. The molecule has 0 radical (unpaired) electrons. The second-order valence-electron chi connectivity index (χ2n) is 6.89. The van der Waals surface area contributed by atoms with Crippen molar-refractivity contribution >= 4 is 6.08 Å². The second kappa shape index (κ2) is 8.53. The van der Waals surface area contributed by atoms with Crippen molar-refractivity contribution in [2.75, 3.05) is 0 Å². The highest BCUT2D eigenvalue weighted by Gasteiger charge is 2.20. The molecule has 1 saturated heterocycles. The molecular weight excluding hydrogens is 268 g/mol. The maximum atomic E-state index is 6.27. The first-order chi connectivity index (χ1) is 10.6. The molecule has 0 N–H and O–H groups in total. The van der Waals surface area contributed by atoms with Gasteiger partial charge in [-0.15, -0.1) is 0 Å². The van der Waals surface area contributed by atoms with E-state index in [1.807, 2.05) is 0 Å². The standard InChI is InChI=1S/C21H32O/c1-5-6-7-9-19-10-8-11-20(22-19)12-13-21-17(3)14-16(2)15-18(21)4/h12-15,19-20H,5-11H2,1-4H3/b13-12-/t19-,20-/m1/s1. The third-order valence-corrected chi connectivity index (χ3v) is 4.73. The second-order valence-corrected chi connectivity index (χ2v) is 6.89. The Labute approximate surface area is 136 Å². The number of unbranched alkanes of at least 4 members (excludes halogenated alkanes) is 2. The summed E-state index contributed by atoms with van der Waals surface area (Å²) in [5, 5.41) is 0. The molecule has 0 spiro atoms. The van der Waals surface area contributed by atoms with E-state index in [0.717, 1.165) is 0 Å². The molecule has 0 amide bonds. The molecule has 0 saturated carbocycles. The van der Waals surface area contributed by atoms with Crippen LogP contribution in [0.4, 0.5) is 0 Å². The summed E-state index contributed by atoms with van der Waals surface area (Å²) < 4.78 is 6.27. The van der Waals surface area contributed by atoms with Gasteiger partial charge in [0.1, 0.15) is 0 Å². The lowest BCUT2D eigenvalue weighted by Gasteiger charge is -2.28. The van der Waals surface area contributed by atoms with Crippen LogP contribution in [0.3, 0.4) is 0 Å². The van der Waals surface area contributed by atoms with Gasteiger partial charge in [0.25, 0.3) is 0 Å². The van der Waals surface area contributed by atoms with Crippen molar-refractivity contribution in [3.05, 3.63) is 40.5 Å². The van der Waals surface area contributed by atoms with Gasteiger partial charge in [-0.2, -0.15) is 0 Å². The van der Waals surface area contributed by atoms with E-state index in [-0.39, 0.29) is 0 Å². The zero-order chi connectivity index (χ0) is 15.9. The molecule has 0 bridgehead atoms. The van der Waals surface area contributed by atoms with Crippen LogP contribution in [0.5, 0.6) is 0 Å². The Morgan fingerprint density at radius 3 is 2.50 bits per heavy atom. The van der Waals surface area contributed by atoms with Gasteiger partial charge in [0.15, 0.2) is 0 Å². The van der Waals surface area contributed by atoms with E-state index < -0.39 is 0 Å². The summed E-state index contributed by atoms with van der Waals surface area (Å²) >= 11 is 0. The molecule has 1 heterocycles. The van der Waals surface area contributed by atoms with E-state index in [4.69, 9.17) is 4.74 Å². The third kappa shape index (κ3) is 4.98. The molecule has 22 heavy (non-hydrogen) atoms. The summed E-state index contributed by atoms with van der Waals surface area (Å²) in [5.74, 6) is 0. The van der Waals surface area contributed by atoms with E-state index >= 15 is 0 Å². The van der Waals surface area contributed by atoms with E-state index in [1.165, 1.54) is 67.2 Å². The summed E-state index contributed by atoms with van der Waals surface area (Å²) in [5.41, 5.74) is 5.44. The minimum absolute atomic E-state index is 0.306. The van der Waals surface area contributed by atoms with Crippen LogP contribution in [0.1, 0.15) is 74.1 Å². The maximum absolute atomic E-state index is 6.27. The molecule has 1 nitrogen and oxygen atoms in total. The molecule has 2 atom stereocenters. The fourth-order valence-corrected chi connectivity index (χ4v) is 3.56.